The summed E-state index contributed by atoms with van der Waals surface area (Å²) in [5.74, 6) is -0.903. The SMILES string of the molecule is CC(=O)Cc1ccc(C(=O)N/C(=C\c2ccc(N(C)C)cc2)C(=O)NCCO)cc1. The molecule has 2 rings (SSSR count). The summed E-state index contributed by atoms with van der Waals surface area (Å²) in [4.78, 5) is 38.3. The number of nitrogens with one attached hydrogen (secondary N) is 2. The lowest BCUT2D eigenvalue weighted by Crippen LogP contribution is -2.36. The molecule has 2 aromatic rings. The van der Waals surface area contributed by atoms with E-state index in [1.807, 2.05) is 43.3 Å². The van der Waals surface area contributed by atoms with Gasteiger partial charge in [0.2, 0.25) is 0 Å². The number of hydrogen-bond donors (Lipinski definition) is 3. The second-order valence-electron chi connectivity index (χ2n) is 7.05. The molecule has 0 atom stereocenters. The third kappa shape index (κ3) is 6.86. The number of benzene rings is 2. The largest absolute Gasteiger partial charge is 0.395 e. The first-order valence-electron chi connectivity index (χ1n) is 9.58. The molecule has 0 heterocycles. The van der Waals surface area contributed by atoms with E-state index in [4.69, 9.17) is 5.11 Å². The van der Waals surface area contributed by atoms with Crippen molar-refractivity contribution in [2.75, 3.05) is 32.1 Å². The van der Waals surface area contributed by atoms with Gasteiger partial charge in [-0.25, -0.2) is 0 Å². The van der Waals surface area contributed by atoms with Crippen molar-refractivity contribution in [3.05, 3.63) is 70.9 Å². The molecule has 0 aromatic heterocycles. The molecule has 0 radical (unpaired) electrons. The van der Waals surface area contributed by atoms with Crippen LogP contribution >= 0.6 is 0 Å². The summed E-state index contributed by atoms with van der Waals surface area (Å²) in [6.07, 6.45) is 1.88. The zero-order valence-electron chi connectivity index (χ0n) is 17.4. The summed E-state index contributed by atoms with van der Waals surface area (Å²) >= 11 is 0. The van der Waals surface area contributed by atoms with Gasteiger partial charge in [-0.3, -0.25) is 14.4 Å². The predicted molar refractivity (Wildman–Crippen MR) is 117 cm³/mol. The van der Waals surface area contributed by atoms with E-state index in [1.54, 1.807) is 30.3 Å². The molecule has 0 aliphatic carbocycles. The fourth-order valence-corrected chi connectivity index (χ4v) is 2.71. The summed E-state index contributed by atoms with van der Waals surface area (Å²) in [5.41, 5.74) is 3.00. The first-order valence-corrected chi connectivity index (χ1v) is 9.58. The topological polar surface area (TPSA) is 98.7 Å². The molecule has 2 aromatic carbocycles. The Morgan fingerprint density at radius 3 is 2.17 bits per heavy atom. The van der Waals surface area contributed by atoms with E-state index in [2.05, 4.69) is 10.6 Å². The Hall–Kier alpha value is -3.45. The third-order valence-electron chi connectivity index (χ3n) is 4.28. The number of ketones is 1. The fraction of sp³-hybridized carbons (Fsp3) is 0.261. The zero-order chi connectivity index (χ0) is 22.1. The van der Waals surface area contributed by atoms with E-state index in [-0.39, 0.29) is 24.6 Å². The van der Waals surface area contributed by atoms with E-state index in [0.29, 0.717) is 12.0 Å². The number of nitrogens with zero attached hydrogens (tertiary/aromatic N) is 1. The molecule has 158 valence electrons. The number of carbonyl (C=O) groups excluding carboxylic acids is 3. The van der Waals surface area contributed by atoms with E-state index >= 15 is 0 Å². The van der Waals surface area contributed by atoms with Crippen molar-refractivity contribution in [3.63, 3.8) is 0 Å². The van der Waals surface area contributed by atoms with Crippen LogP contribution in [0.5, 0.6) is 0 Å². The molecule has 0 aliphatic heterocycles. The second-order valence-corrected chi connectivity index (χ2v) is 7.05. The van der Waals surface area contributed by atoms with Crippen LogP contribution in [0.1, 0.15) is 28.4 Å². The lowest BCUT2D eigenvalue weighted by atomic mass is 10.1. The first-order chi connectivity index (χ1) is 14.3. The third-order valence-corrected chi connectivity index (χ3v) is 4.28. The zero-order valence-corrected chi connectivity index (χ0v) is 17.4. The standard InChI is InChI=1S/C23H27N3O4/c1-16(28)14-17-4-8-19(9-5-17)22(29)25-21(23(30)24-12-13-27)15-18-6-10-20(11-7-18)26(2)3/h4-11,15,27H,12-14H2,1-3H3,(H,24,30)(H,25,29)/b21-15-. The van der Waals surface area contributed by atoms with Crippen LogP contribution in [0, 0.1) is 0 Å². The number of rotatable bonds is 9. The average Bonchev–Trinajstić information content (AvgIpc) is 2.71. The van der Waals surface area contributed by atoms with Crippen LogP contribution in [-0.4, -0.2) is 50.0 Å². The van der Waals surface area contributed by atoms with Crippen LogP contribution in [0.4, 0.5) is 5.69 Å². The number of hydrogen-bond acceptors (Lipinski definition) is 5. The molecule has 0 spiro atoms. The smallest absolute Gasteiger partial charge is 0.267 e. The van der Waals surface area contributed by atoms with Gasteiger partial charge in [0.05, 0.1) is 6.61 Å². The lowest BCUT2D eigenvalue weighted by molar-refractivity contribution is -0.118. The monoisotopic (exact) mass is 409 g/mol. The maximum Gasteiger partial charge on any atom is 0.267 e. The van der Waals surface area contributed by atoms with Gasteiger partial charge in [0, 0.05) is 38.3 Å². The Morgan fingerprint density at radius 1 is 1.00 bits per heavy atom. The maximum atomic E-state index is 12.6. The summed E-state index contributed by atoms with van der Waals surface area (Å²) in [5, 5.41) is 14.2. The number of aliphatic hydroxyl groups excluding tert-OH is 1. The highest BCUT2D eigenvalue weighted by Crippen LogP contribution is 2.15. The van der Waals surface area contributed by atoms with E-state index in [0.717, 1.165) is 16.8 Å². The molecular weight excluding hydrogens is 382 g/mol. The highest BCUT2D eigenvalue weighted by Gasteiger charge is 2.14. The lowest BCUT2D eigenvalue weighted by Gasteiger charge is -2.13. The quantitative estimate of drug-likeness (QED) is 0.548. The van der Waals surface area contributed by atoms with Crippen molar-refractivity contribution in [1.29, 1.82) is 0 Å². The van der Waals surface area contributed by atoms with Crippen molar-refractivity contribution in [2.24, 2.45) is 0 Å². The second kappa shape index (κ2) is 10.9. The minimum absolute atomic E-state index is 0.0401. The molecule has 7 heteroatoms. The van der Waals surface area contributed by atoms with E-state index in [1.165, 1.54) is 6.92 Å². The molecule has 0 aliphatic rings. The fourth-order valence-electron chi connectivity index (χ4n) is 2.71. The molecule has 2 amide bonds. The Bertz CT molecular complexity index is 916. The number of aliphatic hydroxyl groups is 1. The minimum Gasteiger partial charge on any atom is -0.395 e. The highest BCUT2D eigenvalue weighted by molar-refractivity contribution is 6.05. The summed E-state index contributed by atoms with van der Waals surface area (Å²) in [6.45, 7) is 1.38. The molecule has 0 saturated carbocycles. The molecule has 0 unspecified atom stereocenters. The Kier molecular flexibility index (Phi) is 8.31. The van der Waals surface area contributed by atoms with Gasteiger partial charge in [-0.2, -0.15) is 0 Å². The van der Waals surface area contributed by atoms with Gasteiger partial charge < -0.3 is 20.6 Å². The highest BCUT2D eigenvalue weighted by atomic mass is 16.3. The van der Waals surface area contributed by atoms with Crippen molar-refractivity contribution in [1.82, 2.24) is 10.6 Å². The summed E-state index contributed by atoms with van der Waals surface area (Å²) < 4.78 is 0. The number of carbonyl (C=O) groups is 3. The van der Waals surface area contributed by atoms with E-state index < -0.39 is 11.8 Å². The minimum atomic E-state index is -0.498. The average molecular weight is 409 g/mol. The summed E-state index contributed by atoms with van der Waals surface area (Å²) in [6, 6.07) is 14.2. The van der Waals surface area contributed by atoms with Gasteiger partial charge in [-0.1, -0.05) is 24.3 Å². The molecular formula is C23H27N3O4. The van der Waals surface area contributed by atoms with Gasteiger partial charge >= 0.3 is 0 Å². The van der Waals surface area contributed by atoms with Crippen molar-refractivity contribution in [2.45, 2.75) is 13.3 Å². The molecule has 0 bridgehead atoms. The van der Waals surface area contributed by atoms with Gasteiger partial charge in [-0.15, -0.1) is 0 Å². The van der Waals surface area contributed by atoms with Crippen molar-refractivity contribution >= 4 is 29.4 Å². The number of amides is 2. The number of anilines is 1. The van der Waals surface area contributed by atoms with Crippen LogP contribution in [0.15, 0.2) is 54.2 Å². The van der Waals surface area contributed by atoms with Gasteiger partial charge in [-0.05, 0) is 48.4 Å². The number of Topliss-reactive ketones (excluding diaryl/α,β-unsaturated/α-hetero) is 1. The predicted octanol–water partition coefficient (Wildman–Crippen LogP) is 1.76. The maximum absolute atomic E-state index is 12.6. The Morgan fingerprint density at radius 2 is 1.63 bits per heavy atom. The van der Waals surface area contributed by atoms with Crippen LogP contribution in [0.2, 0.25) is 0 Å². The molecule has 3 N–H and O–H groups in total. The van der Waals surface area contributed by atoms with Crippen molar-refractivity contribution < 1.29 is 19.5 Å². The van der Waals surface area contributed by atoms with Gasteiger partial charge in [0.1, 0.15) is 11.5 Å². The van der Waals surface area contributed by atoms with Crippen LogP contribution < -0.4 is 15.5 Å². The Balaban J connectivity index is 2.22. The van der Waals surface area contributed by atoms with Crippen molar-refractivity contribution in [3.8, 4) is 0 Å². The first kappa shape index (κ1) is 22.8. The molecule has 0 fully saturated rings. The Labute approximate surface area is 176 Å². The van der Waals surface area contributed by atoms with Gasteiger partial charge in [0.25, 0.3) is 11.8 Å². The van der Waals surface area contributed by atoms with Crippen LogP contribution in [0.25, 0.3) is 6.08 Å². The van der Waals surface area contributed by atoms with Crippen LogP contribution in [0.3, 0.4) is 0 Å². The normalized spacial score (nSPS) is 11.0. The van der Waals surface area contributed by atoms with Crippen LogP contribution in [-0.2, 0) is 16.0 Å². The van der Waals surface area contributed by atoms with E-state index in [9.17, 15) is 14.4 Å². The molecule has 7 nitrogen and oxygen atoms in total. The molecule has 30 heavy (non-hydrogen) atoms. The molecule has 0 saturated heterocycles. The van der Waals surface area contributed by atoms with Gasteiger partial charge in [0.15, 0.2) is 0 Å². The summed E-state index contributed by atoms with van der Waals surface area (Å²) in [7, 11) is 3.86.